The van der Waals surface area contributed by atoms with E-state index in [4.69, 9.17) is 4.74 Å². The Morgan fingerprint density at radius 3 is 2.95 bits per heavy atom. The van der Waals surface area contributed by atoms with Gasteiger partial charge in [0, 0.05) is 43.6 Å². The molecule has 0 atom stereocenters. The lowest BCUT2D eigenvalue weighted by Crippen LogP contribution is -2.34. The fourth-order valence-electron chi connectivity index (χ4n) is 2.57. The van der Waals surface area contributed by atoms with Gasteiger partial charge in [0.15, 0.2) is 0 Å². The van der Waals surface area contributed by atoms with E-state index in [9.17, 15) is 4.79 Å². The summed E-state index contributed by atoms with van der Waals surface area (Å²) < 4.78 is 9.50. The summed E-state index contributed by atoms with van der Waals surface area (Å²) in [6, 6.07) is 0. The molecule has 116 valence electrons. The van der Waals surface area contributed by atoms with E-state index in [0.717, 1.165) is 43.6 Å². The Balaban J connectivity index is 1.53. The molecule has 3 rings (SSSR count). The number of anilines is 1. The Hall–Kier alpha value is -1.21. The van der Waals surface area contributed by atoms with Crippen LogP contribution in [0.25, 0.3) is 0 Å². The Labute approximate surface area is 129 Å². The first kappa shape index (κ1) is 14.7. The fourth-order valence-corrected chi connectivity index (χ4v) is 3.37. The van der Waals surface area contributed by atoms with Gasteiger partial charge in [0.25, 0.3) is 0 Å². The Morgan fingerprint density at radius 1 is 1.33 bits per heavy atom. The monoisotopic (exact) mass is 310 g/mol. The number of nitrogens with zero attached hydrogens (tertiary/aromatic N) is 4. The normalized spacial score (nSPS) is 20.3. The first-order valence-corrected chi connectivity index (χ1v) is 8.50. The molecule has 0 N–H and O–H groups in total. The maximum Gasteiger partial charge on any atom is 0.320 e. The van der Waals surface area contributed by atoms with Crippen molar-refractivity contribution in [3.05, 3.63) is 5.82 Å². The van der Waals surface area contributed by atoms with Crippen LogP contribution >= 0.6 is 11.5 Å². The molecule has 1 aromatic heterocycles. The van der Waals surface area contributed by atoms with Crippen molar-refractivity contribution in [1.29, 1.82) is 0 Å². The van der Waals surface area contributed by atoms with Gasteiger partial charge in [-0.15, -0.1) is 0 Å². The predicted molar refractivity (Wildman–Crippen MR) is 81.8 cm³/mol. The highest BCUT2D eigenvalue weighted by molar-refractivity contribution is 7.09. The van der Waals surface area contributed by atoms with Crippen LogP contribution in [0.5, 0.6) is 0 Å². The highest BCUT2D eigenvalue weighted by Gasteiger charge is 2.29. The van der Waals surface area contributed by atoms with Gasteiger partial charge in [-0.25, -0.2) is 4.98 Å². The second kappa shape index (κ2) is 6.70. The SMILES string of the molecule is CCOC(=O)CN1CCCN(c2nc(C3CC3)ns2)CC1. The third-order valence-corrected chi connectivity index (χ3v) is 4.68. The first-order valence-electron chi connectivity index (χ1n) is 7.73. The lowest BCUT2D eigenvalue weighted by atomic mass is 10.4. The number of esters is 1. The molecule has 2 fully saturated rings. The molecule has 0 spiro atoms. The van der Waals surface area contributed by atoms with Gasteiger partial charge in [-0.05, 0) is 26.2 Å². The van der Waals surface area contributed by atoms with Gasteiger partial charge in [-0.3, -0.25) is 9.69 Å². The Bertz CT molecular complexity index is 489. The lowest BCUT2D eigenvalue weighted by Gasteiger charge is -2.20. The quantitative estimate of drug-likeness (QED) is 0.768. The standard InChI is InChI=1S/C14H22N4O2S/c1-2-20-12(19)10-17-6-3-7-18(9-8-17)14-15-13(16-21-14)11-4-5-11/h11H,2-10H2,1H3. The molecule has 1 aromatic rings. The maximum absolute atomic E-state index is 11.6. The molecule has 6 nitrogen and oxygen atoms in total. The Morgan fingerprint density at radius 2 is 2.19 bits per heavy atom. The average molecular weight is 310 g/mol. The summed E-state index contributed by atoms with van der Waals surface area (Å²) in [5, 5.41) is 1.04. The van der Waals surface area contributed by atoms with Crippen molar-refractivity contribution < 1.29 is 9.53 Å². The molecular formula is C14H22N4O2S. The minimum Gasteiger partial charge on any atom is -0.465 e. The molecule has 0 aromatic carbocycles. The Kier molecular flexibility index (Phi) is 4.70. The third kappa shape index (κ3) is 3.91. The van der Waals surface area contributed by atoms with Gasteiger partial charge in [0.1, 0.15) is 5.82 Å². The van der Waals surface area contributed by atoms with Gasteiger partial charge in [-0.2, -0.15) is 4.37 Å². The molecule has 21 heavy (non-hydrogen) atoms. The minimum atomic E-state index is -0.127. The van der Waals surface area contributed by atoms with Gasteiger partial charge < -0.3 is 9.64 Å². The maximum atomic E-state index is 11.6. The number of carbonyl (C=O) groups excluding carboxylic acids is 1. The highest BCUT2D eigenvalue weighted by atomic mass is 32.1. The second-order valence-electron chi connectivity index (χ2n) is 5.63. The number of carbonyl (C=O) groups is 1. The van der Waals surface area contributed by atoms with Crippen LogP contribution in [0.4, 0.5) is 5.13 Å². The van der Waals surface area contributed by atoms with Crippen LogP contribution < -0.4 is 4.90 Å². The predicted octanol–water partition coefficient (Wildman–Crippen LogP) is 1.49. The summed E-state index contributed by atoms with van der Waals surface area (Å²) in [6.07, 6.45) is 3.52. The largest absolute Gasteiger partial charge is 0.465 e. The van der Waals surface area contributed by atoms with Crippen molar-refractivity contribution in [3.63, 3.8) is 0 Å². The molecule has 0 radical (unpaired) electrons. The van der Waals surface area contributed by atoms with Crippen LogP contribution in [0.2, 0.25) is 0 Å². The zero-order valence-electron chi connectivity index (χ0n) is 12.5. The van der Waals surface area contributed by atoms with E-state index < -0.39 is 0 Å². The van der Waals surface area contributed by atoms with E-state index in [2.05, 4.69) is 19.2 Å². The second-order valence-corrected chi connectivity index (χ2v) is 6.36. The molecule has 0 unspecified atom stereocenters. The molecule has 2 heterocycles. The molecule has 1 saturated heterocycles. The lowest BCUT2D eigenvalue weighted by molar-refractivity contribution is -0.144. The van der Waals surface area contributed by atoms with Crippen LogP contribution in [0.1, 0.15) is 37.9 Å². The summed E-state index contributed by atoms with van der Waals surface area (Å²) in [5.41, 5.74) is 0. The van der Waals surface area contributed by atoms with Crippen LogP contribution in [-0.2, 0) is 9.53 Å². The zero-order valence-corrected chi connectivity index (χ0v) is 13.3. The van der Waals surface area contributed by atoms with Crippen molar-refractivity contribution >= 4 is 22.6 Å². The molecule has 0 bridgehead atoms. The number of aromatic nitrogens is 2. The van der Waals surface area contributed by atoms with Crippen molar-refractivity contribution in [3.8, 4) is 0 Å². The number of rotatable bonds is 5. The van der Waals surface area contributed by atoms with Crippen molar-refractivity contribution in [2.75, 3.05) is 44.2 Å². The van der Waals surface area contributed by atoms with Gasteiger partial charge >= 0.3 is 5.97 Å². The van der Waals surface area contributed by atoms with Crippen LogP contribution in [0.15, 0.2) is 0 Å². The van der Waals surface area contributed by atoms with Crippen LogP contribution in [0, 0.1) is 0 Å². The van der Waals surface area contributed by atoms with Gasteiger partial charge in [0.2, 0.25) is 5.13 Å². The molecule has 1 aliphatic carbocycles. The fraction of sp³-hybridized carbons (Fsp3) is 0.786. The van der Waals surface area contributed by atoms with E-state index in [1.807, 2.05) is 6.92 Å². The molecule has 0 amide bonds. The topological polar surface area (TPSA) is 58.6 Å². The van der Waals surface area contributed by atoms with Crippen molar-refractivity contribution in [2.45, 2.75) is 32.1 Å². The average Bonchev–Trinajstić information content (AvgIpc) is 3.24. The smallest absolute Gasteiger partial charge is 0.320 e. The van der Waals surface area contributed by atoms with E-state index in [1.54, 1.807) is 0 Å². The minimum absolute atomic E-state index is 0.127. The summed E-state index contributed by atoms with van der Waals surface area (Å²) in [6.45, 7) is 6.38. The van der Waals surface area contributed by atoms with E-state index >= 15 is 0 Å². The summed E-state index contributed by atoms with van der Waals surface area (Å²) in [7, 11) is 0. The summed E-state index contributed by atoms with van der Waals surface area (Å²) >= 11 is 1.51. The van der Waals surface area contributed by atoms with Gasteiger partial charge in [0.05, 0.1) is 13.2 Å². The number of hydrogen-bond acceptors (Lipinski definition) is 7. The highest BCUT2D eigenvalue weighted by Crippen LogP contribution is 2.39. The number of ether oxygens (including phenoxy) is 1. The zero-order chi connectivity index (χ0) is 14.7. The number of hydrogen-bond donors (Lipinski definition) is 0. The van der Waals surface area contributed by atoms with E-state index in [-0.39, 0.29) is 5.97 Å². The summed E-state index contributed by atoms with van der Waals surface area (Å²) in [5.74, 6) is 1.52. The van der Waals surface area contributed by atoms with Crippen molar-refractivity contribution in [1.82, 2.24) is 14.3 Å². The molecular weight excluding hydrogens is 288 g/mol. The molecule has 7 heteroatoms. The summed E-state index contributed by atoms with van der Waals surface area (Å²) in [4.78, 5) is 20.7. The first-order chi connectivity index (χ1) is 10.3. The van der Waals surface area contributed by atoms with E-state index in [0.29, 0.717) is 19.1 Å². The van der Waals surface area contributed by atoms with Crippen LogP contribution in [-0.4, -0.2) is 59.6 Å². The van der Waals surface area contributed by atoms with Crippen LogP contribution in [0.3, 0.4) is 0 Å². The molecule has 1 saturated carbocycles. The van der Waals surface area contributed by atoms with E-state index in [1.165, 1.54) is 24.4 Å². The molecule has 2 aliphatic rings. The van der Waals surface area contributed by atoms with Crippen molar-refractivity contribution in [2.24, 2.45) is 0 Å². The van der Waals surface area contributed by atoms with Gasteiger partial charge in [-0.1, -0.05) is 0 Å². The third-order valence-electron chi connectivity index (χ3n) is 3.89. The molecule has 1 aliphatic heterocycles.